The molecule has 2 fully saturated rings. The summed E-state index contributed by atoms with van der Waals surface area (Å²) in [5.41, 5.74) is -0.278. The molecule has 1 unspecified atom stereocenters. The van der Waals surface area contributed by atoms with Crippen LogP contribution in [0.25, 0.3) is 0 Å². The first-order chi connectivity index (χ1) is 8.36. The molecule has 0 aromatic heterocycles. The minimum absolute atomic E-state index is 0.00693. The lowest BCUT2D eigenvalue weighted by Gasteiger charge is -2.51. The van der Waals surface area contributed by atoms with Gasteiger partial charge in [-0.05, 0) is 45.4 Å². The van der Waals surface area contributed by atoms with E-state index in [9.17, 15) is 9.59 Å². The van der Waals surface area contributed by atoms with Gasteiger partial charge >= 0.3 is 6.09 Å². The lowest BCUT2D eigenvalue weighted by Crippen LogP contribution is -2.53. The van der Waals surface area contributed by atoms with E-state index in [1.54, 1.807) is 4.90 Å². The summed E-state index contributed by atoms with van der Waals surface area (Å²) < 4.78 is 5.36. The number of hydrogen-bond acceptors (Lipinski definition) is 3. The van der Waals surface area contributed by atoms with Crippen LogP contribution in [0.3, 0.4) is 0 Å². The molecule has 102 valence electrons. The Morgan fingerprint density at radius 3 is 2.44 bits per heavy atom. The van der Waals surface area contributed by atoms with E-state index in [2.05, 4.69) is 0 Å². The Kier molecular flexibility index (Phi) is 3.39. The van der Waals surface area contributed by atoms with Crippen LogP contribution in [0.1, 0.15) is 46.5 Å². The largest absolute Gasteiger partial charge is 0.444 e. The average molecular weight is 253 g/mol. The van der Waals surface area contributed by atoms with Gasteiger partial charge in [0.1, 0.15) is 11.9 Å². The highest BCUT2D eigenvalue weighted by Gasteiger charge is 2.48. The fourth-order valence-corrected chi connectivity index (χ4v) is 3.00. The van der Waals surface area contributed by atoms with Gasteiger partial charge in [0.05, 0.1) is 0 Å². The van der Waals surface area contributed by atoms with Gasteiger partial charge in [-0.1, -0.05) is 6.42 Å². The Bertz CT molecular complexity index is 341. The maximum atomic E-state index is 12.0. The topological polar surface area (TPSA) is 46.6 Å². The molecule has 0 bridgehead atoms. The molecule has 1 amide bonds. The Morgan fingerprint density at radius 2 is 2.00 bits per heavy atom. The van der Waals surface area contributed by atoms with Crippen LogP contribution in [0.2, 0.25) is 0 Å². The fraction of sp³-hybridized carbons (Fsp3) is 0.857. The van der Waals surface area contributed by atoms with Crippen molar-refractivity contribution in [1.29, 1.82) is 0 Å². The van der Waals surface area contributed by atoms with Crippen LogP contribution in [0.4, 0.5) is 4.79 Å². The van der Waals surface area contributed by atoms with Gasteiger partial charge in [-0.2, -0.15) is 0 Å². The molecule has 1 saturated heterocycles. The van der Waals surface area contributed by atoms with E-state index in [0.29, 0.717) is 6.54 Å². The predicted octanol–water partition coefficient (Wildman–Crippen LogP) is 2.61. The standard InChI is InChI=1S/C14H23NO3/c1-13(2,3)18-12(17)15-8-7-14(5-4-6-14)11(9-15)10-16/h10-11H,4-9H2,1-3H3. The second kappa shape index (κ2) is 4.56. The molecule has 2 rings (SSSR count). The SMILES string of the molecule is CC(C)(C)OC(=O)N1CCC2(CCC2)C(C=O)C1. The minimum atomic E-state index is -0.473. The number of carbonyl (C=O) groups excluding carboxylic acids is 2. The smallest absolute Gasteiger partial charge is 0.410 e. The number of hydrogen-bond donors (Lipinski definition) is 0. The first-order valence-corrected chi connectivity index (χ1v) is 6.80. The van der Waals surface area contributed by atoms with Gasteiger partial charge in [-0.25, -0.2) is 4.79 Å². The summed E-state index contributed by atoms with van der Waals surface area (Å²) in [6, 6.07) is 0. The molecule has 4 heteroatoms. The Hall–Kier alpha value is -1.06. The first-order valence-electron chi connectivity index (χ1n) is 6.80. The van der Waals surface area contributed by atoms with Crippen molar-refractivity contribution in [1.82, 2.24) is 4.90 Å². The monoisotopic (exact) mass is 253 g/mol. The van der Waals surface area contributed by atoms with Gasteiger partial charge < -0.3 is 14.4 Å². The summed E-state index contributed by atoms with van der Waals surface area (Å²) in [6.45, 7) is 6.83. The third kappa shape index (κ3) is 2.52. The summed E-state index contributed by atoms with van der Waals surface area (Å²) in [5.74, 6) is -0.00693. The number of aldehydes is 1. The molecule has 1 aliphatic heterocycles. The fourth-order valence-electron chi connectivity index (χ4n) is 3.00. The van der Waals surface area contributed by atoms with Crippen LogP contribution in [0.5, 0.6) is 0 Å². The Morgan fingerprint density at radius 1 is 1.33 bits per heavy atom. The van der Waals surface area contributed by atoms with Gasteiger partial charge in [0.2, 0.25) is 0 Å². The second-order valence-electron chi connectivity index (χ2n) is 6.63. The zero-order chi connectivity index (χ0) is 13.4. The molecule has 0 aromatic rings. The number of piperidine rings is 1. The van der Waals surface area contributed by atoms with Crippen molar-refractivity contribution in [2.75, 3.05) is 13.1 Å². The van der Waals surface area contributed by atoms with E-state index in [1.165, 1.54) is 6.42 Å². The molecule has 1 atom stereocenters. The van der Waals surface area contributed by atoms with Crippen molar-refractivity contribution in [3.05, 3.63) is 0 Å². The van der Waals surface area contributed by atoms with E-state index in [-0.39, 0.29) is 17.4 Å². The summed E-state index contributed by atoms with van der Waals surface area (Å²) >= 11 is 0. The molecule has 1 saturated carbocycles. The molecule has 1 spiro atoms. The van der Waals surface area contributed by atoms with Crippen LogP contribution in [-0.4, -0.2) is 36.0 Å². The van der Waals surface area contributed by atoms with E-state index in [0.717, 1.165) is 32.1 Å². The van der Waals surface area contributed by atoms with Crippen LogP contribution < -0.4 is 0 Å². The van der Waals surface area contributed by atoms with Crippen molar-refractivity contribution >= 4 is 12.4 Å². The average Bonchev–Trinajstić information content (AvgIpc) is 2.23. The van der Waals surface area contributed by atoms with Gasteiger partial charge in [-0.3, -0.25) is 0 Å². The quantitative estimate of drug-likeness (QED) is 0.675. The van der Waals surface area contributed by atoms with E-state index in [1.807, 2.05) is 20.8 Å². The highest BCUT2D eigenvalue weighted by atomic mass is 16.6. The molecule has 0 N–H and O–H groups in total. The van der Waals surface area contributed by atoms with Gasteiger partial charge in [0.25, 0.3) is 0 Å². The summed E-state index contributed by atoms with van der Waals surface area (Å²) in [5, 5.41) is 0. The lowest BCUT2D eigenvalue weighted by atomic mass is 9.58. The number of nitrogens with zero attached hydrogens (tertiary/aromatic N) is 1. The number of amides is 1. The maximum Gasteiger partial charge on any atom is 0.410 e. The van der Waals surface area contributed by atoms with Gasteiger partial charge in [0.15, 0.2) is 0 Å². The molecule has 18 heavy (non-hydrogen) atoms. The second-order valence-corrected chi connectivity index (χ2v) is 6.63. The summed E-state index contributed by atoms with van der Waals surface area (Å²) in [7, 11) is 0. The maximum absolute atomic E-state index is 12.0. The predicted molar refractivity (Wildman–Crippen MR) is 68.3 cm³/mol. The van der Waals surface area contributed by atoms with E-state index < -0.39 is 5.60 Å². The molecular weight excluding hydrogens is 230 g/mol. The zero-order valence-corrected chi connectivity index (χ0v) is 11.6. The molecular formula is C14H23NO3. The number of rotatable bonds is 1. The van der Waals surface area contributed by atoms with Crippen LogP contribution in [0.15, 0.2) is 0 Å². The van der Waals surface area contributed by atoms with E-state index in [4.69, 9.17) is 4.74 Å². The third-order valence-electron chi connectivity index (χ3n) is 4.25. The van der Waals surface area contributed by atoms with Crippen LogP contribution in [-0.2, 0) is 9.53 Å². The molecule has 1 aliphatic carbocycles. The minimum Gasteiger partial charge on any atom is -0.444 e. The van der Waals surface area contributed by atoms with Crippen molar-refractivity contribution in [2.24, 2.45) is 11.3 Å². The highest BCUT2D eigenvalue weighted by Crippen LogP contribution is 2.51. The Labute approximate surface area is 109 Å². The van der Waals surface area contributed by atoms with Crippen molar-refractivity contribution in [3.8, 4) is 0 Å². The van der Waals surface area contributed by atoms with Crippen molar-refractivity contribution in [2.45, 2.75) is 52.1 Å². The number of likely N-dealkylation sites (tertiary alicyclic amines) is 1. The lowest BCUT2D eigenvalue weighted by molar-refractivity contribution is -0.122. The molecule has 0 aromatic carbocycles. The highest BCUT2D eigenvalue weighted by molar-refractivity contribution is 5.69. The van der Waals surface area contributed by atoms with E-state index >= 15 is 0 Å². The summed E-state index contributed by atoms with van der Waals surface area (Å²) in [4.78, 5) is 24.9. The molecule has 2 aliphatic rings. The van der Waals surface area contributed by atoms with Crippen LogP contribution >= 0.6 is 0 Å². The molecule has 0 radical (unpaired) electrons. The summed E-state index contributed by atoms with van der Waals surface area (Å²) in [6.07, 6.45) is 5.18. The first kappa shape index (κ1) is 13.4. The molecule has 4 nitrogen and oxygen atoms in total. The van der Waals surface area contributed by atoms with Crippen LogP contribution in [0, 0.1) is 11.3 Å². The van der Waals surface area contributed by atoms with Gasteiger partial charge in [0, 0.05) is 19.0 Å². The third-order valence-corrected chi connectivity index (χ3v) is 4.25. The number of ether oxygens (including phenoxy) is 1. The zero-order valence-electron chi connectivity index (χ0n) is 11.6. The van der Waals surface area contributed by atoms with Gasteiger partial charge in [-0.15, -0.1) is 0 Å². The normalized spacial score (nSPS) is 26.6. The Balaban J connectivity index is 1.97. The molecule has 1 heterocycles. The number of carbonyl (C=O) groups is 2. The van der Waals surface area contributed by atoms with Crippen molar-refractivity contribution in [3.63, 3.8) is 0 Å². The van der Waals surface area contributed by atoms with Crippen molar-refractivity contribution < 1.29 is 14.3 Å².